The van der Waals surface area contributed by atoms with Gasteiger partial charge >= 0.3 is 0 Å². The fraction of sp³-hybridized carbons (Fsp3) is 0.333. The molecule has 1 aliphatic rings. The Bertz CT molecular complexity index is 818. The van der Waals surface area contributed by atoms with E-state index < -0.39 is 0 Å². The summed E-state index contributed by atoms with van der Waals surface area (Å²) in [4.78, 5) is 13.4. The molecule has 4 heterocycles. The molecule has 1 fully saturated rings. The summed E-state index contributed by atoms with van der Waals surface area (Å²) in [7, 11) is 0. The molecule has 7 nitrogen and oxygen atoms in total. The molecule has 0 unspecified atom stereocenters. The van der Waals surface area contributed by atoms with Gasteiger partial charge in [-0.05, 0) is 18.6 Å². The van der Waals surface area contributed by atoms with Crippen LogP contribution in [0.15, 0.2) is 37.1 Å². The Labute approximate surface area is 138 Å². The number of hydrogen-bond donors (Lipinski definition) is 0. The molecule has 1 saturated heterocycles. The van der Waals surface area contributed by atoms with Crippen LogP contribution in [0.2, 0.25) is 5.02 Å². The number of pyridine rings is 1. The van der Waals surface area contributed by atoms with E-state index in [0.29, 0.717) is 5.02 Å². The maximum Gasteiger partial charge on any atom is 0.203 e. The predicted molar refractivity (Wildman–Crippen MR) is 89.1 cm³/mol. The van der Waals surface area contributed by atoms with Crippen LogP contribution in [-0.2, 0) is 0 Å². The van der Waals surface area contributed by atoms with E-state index in [-0.39, 0.29) is 0 Å². The highest BCUT2D eigenvalue weighted by atomic mass is 35.5. The second kappa shape index (κ2) is 6.00. The highest BCUT2D eigenvalue weighted by molar-refractivity contribution is 6.32. The smallest absolute Gasteiger partial charge is 0.203 e. The first-order valence-corrected chi connectivity index (χ1v) is 7.95. The average Bonchev–Trinajstić information content (AvgIpc) is 2.93. The Morgan fingerprint density at radius 3 is 2.57 bits per heavy atom. The summed E-state index contributed by atoms with van der Waals surface area (Å²) < 4.78 is 1.89. The fourth-order valence-corrected chi connectivity index (χ4v) is 3.16. The molecule has 4 rings (SSSR count). The van der Waals surface area contributed by atoms with Crippen LogP contribution in [0.4, 0.5) is 11.6 Å². The third kappa shape index (κ3) is 2.68. The Kier molecular flexibility index (Phi) is 3.70. The lowest BCUT2D eigenvalue weighted by Crippen LogP contribution is -2.32. The van der Waals surface area contributed by atoms with E-state index in [1.807, 2.05) is 22.7 Å². The predicted octanol–water partition coefficient (Wildman–Crippen LogP) is 1.89. The molecule has 3 aromatic rings. The van der Waals surface area contributed by atoms with E-state index >= 15 is 0 Å². The molecule has 0 spiro atoms. The number of rotatable bonds is 2. The normalized spacial score (nSPS) is 15.9. The largest absolute Gasteiger partial charge is 0.354 e. The number of anilines is 2. The van der Waals surface area contributed by atoms with Crippen LogP contribution in [-0.4, -0.2) is 50.7 Å². The second-order valence-corrected chi connectivity index (χ2v) is 5.86. The van der Waals surface area contributed by atoms with Crippen LogP contribution < -0.4 is 9.80 Å². The minimum Gasteiger partial charge on any atom is -0.354 e. The summed E-state index contributed by atoms with van der Waals surface area (Å²) in [5.41, 5.74) is 0.789. The SMILES string of the molecule is Clc1cccnc1N1CCCN(c2nccn3cnnc23)CC1. The number of hydrogen-bond acceptors (Lipinski definition) is 6. The molecular formula is C15H16ClN7. The van der Waals surface area contributed by atoms with Crippen LogP contribution in [0.3, 0.4) is 0 Å². The molecule has 8 heteroatoms. The first-order chi connectivity index (χ1) is 11.3. The summed E-state index contributed by atoms with van der Waals surface area (Å²) in [5.74, 6) is 1.73. The number of aromatic nitrogens is 5. The van der Waals surface area contributed by atoms with Crippen molar-refractivity contribution in [1.82, 2.24) is 24.6 Å². The van der Waals surface area contributed by atoms with Crippen molar-refractivity contribution in [1.29, 1.82) is 0 Å². The zero-order valence-corrected chi connectivity index (χ0v) is 13.3. The first-order valence-electron chi connectivity index (χ1n) is 7.58. The second-order valence-electron chi connectivity index (χ2n) is 5.45. The van der Waals surface area contributed by atoms with E-state index in [1.165, 1.54) is 0 Å². The molecule has 0 radical (unpaired) electrons. The lowest BCUT2D eigenvalue weighted by Gasteiger charge is -2.23. The molecule has 0 N–H and O–H groups in total. The van der Waals surface area contributed by atoms with Crippen molar-refractivity contribution in [3.05, 3.63) is 42.1 Å². The summed E-state index contributed by atoms with van der Waals surface area (Å²) in [6.45, 7) is 3.52. The van der Waals surface area contributed by atoms with Gasteiger partial charge in [-0.3, -0.25) is 4.40 Å². The highest BCUT2D eigenvalue weighted by Crippen LogP contribution is 2.25. The van der Waals surface area contributed by atoms with Gasteiger partial charge in [-0.1, -0.05) is 11.6 Å². The topological polar surface area (TPSA) is 62.5 Å². The fourth-order valence-electron chi connectivity index (χ4n) is 2.92. The van der Waals surface area contributed by atoms with Gasteiger partial charge in [-0.2, -0.15) is 0 Å². The summed E-state index contributed by atoms with van der Waals surface area (Å²) >= 11 is 6.28. The maximum atomic E-state index is 6.28. The Balaban J connectivity index is 1.58. The lowest BCUT2D eigenvalue weighted by molar-refractivity contribution is 0.793. The van der Waals surface area contributed by atoms with E-state index in [0.717, 1.165) is 49.9 Å². The van der Waals surface area contributed by atoms with Crippen molar-refractivity contribution < 1.29 is 0 Å². The summed E-state index contributed by atoms with van der Waals surface area (Å²) in [5, 5.41) is 8.83. The van der Waals surface area contributed by atoms with Crippen molar-refractivity contribution in [2.45, 2.75) is 6.42 Å². The van der Waals surface area contributed by atoms with Gasteiger partial charge in [0.25, 0.3) is 0 Å². The molecule has 0 saturated carbocycles. The van der Waals surface area contributed by atoms with Crippen LogP contribution in [0.1, 0.15) is 6.42 Å². The van der Waals surface area contributed by atoms with Crippen molar-refractivity contribution in [3.63, 3.8) is 0 Å². The van der Waals surface area contributed by atoms with E-state index in [1.54, 1.807) is 18.7 Å². The Morgan fingerprint density at radius 2 is 1.74 bits per heavy atom. The maximum absolute atomic E-state index is 6.28. The molecule has 0 amide bonds. The third-order valence-corrected chi connectivity index (χ3v) is 4.33. The Morgan fingerprint density at radius 1 is 0.957 bits per heavy atom. The summed E-state index contributed by atoms with van der Waals surface area (Å²) in [6.07, 6.45) is 8.12. The van der Waals surface area contributed by atoms with Crippen LogP contribution in [0, 0.1) is 0 Å². The van der Waals surface area contributed by atoms with Gasteiger partial charge in [0, 0.05) is 44.8 Å². The lowest BCUT2D eigenvalue weighted by atomic mass is 10.3. The molecule has 0 bridgehead atoms. The summed E-state index contributed by atoms with van der Waals surface area (Å²) in [6, 6.07) is 3.73. The van der Waals surface area contributed by atoms with Crippen LogP contribution in [0.25, 0.3) is 5.65 Å². The zero-order chi connectivity index (χ0) is 15.6. The van der Waals surface area contributed by atoms with Gasteiger partial charge in [0.15, 0.2) is 5.82 Å². The number of halogens is 1. The van der Waals surface area contributed by atoms with Gasteiger partial charge in [0.1, 0.15) is 12.1 Å². The van der Waals surface area contributed by atoms with Gasteiger partial charge in [0.2, 0.25) is 5.65 Å². The molecule has 23 heavy (non-hydrogen) atoms. The van der Waals surface area contributed by atoms with Crippen LogP contribution in [0.5, 0.6) is 0 Å². The molecule has 1 aliphatic heterocycles. The van der Waals surface area contributed by atoms with Crippen molar-refractivity contribution in [2.75, 3.05) is 36.0 Å². The number of nitrogens with zero attached hydrogens (tertiary/aromatic N) is 7. The van der Waals surface area contributed by atoms with Crippen molar-refractivity contribution in [2.24, 2.45) is 0 Å². The minimum atomic E-state index is 0.693. The molecular weight excluding hydrogens is 314 g/mol. The number of fused-ring (bicyclic) bond motifs is 1. The average molecular weight is 330 g/mol. The van der Waals surface area contributed by atoms with Crippen molar-refractivity contribution >= 4 is 28.9 Å². The molecule has 3 aromatic heterocycles. The highest BCUT2D eigenvalue weighted by Gasteiger charge is 2.20. The minimum absolute atomic E-state index is 0.693. The van der Waals surface area contributed by atoms with Crippen molar-refractivity contribution in [3.8, 4) is 0 Å². The van der Waals surface area contributed by atoms with E-state index in [9.17, 15) is 0 Å². The Hall–Kier alpha value is -2.41. The van der Waals surface area contributed by atoms with E-state index in [2.05, 4.69) is 30.0 Å². The van der Waals surface area contributed by atoms with Gasteiger partial charge in [0.05, 0.1) is 5.02 Å². The quantitative estimate of drug-likeness (QED) is 0.715. The standard InChI is InChI=1S/C15H16ClN7/c16-12-3-1-4-17-13(12)21-6-2-7-22(10-9-21)14-15-20-19-11-23(15)8-5-18-14/h1,3-5,8,11H,2,6-7,9-10H2. The molecule has 0 aromatic carbocycles. The van der Waals surface area contributed by atoms with Gasteiger partial charge in [-0.25, -0.2) is 9.97 Å². The van der Waals surface area contributed by atoms with Crippen LogP contribution >= 0.6 is 11.6 Å². The molecule has 118 valence electrons. The van der Waals surface area contributed by atoms with Gasteiger partial charge < -0.3 is 9.80 Å². The third-order valence-electron chi connectivity index (χ3n) is 4.03. The first kappa shape index (κ1) is 14.2. The zero-order valence-electron chi connectivity index (χ0n) is 12.5. The molecule has 0 aliphatic carbocycles. The molecule has 0 atom stereocenters. The van der Waals surface area contributed by atoms with E-state index in [4.69, 9.17) is 11.6 Å². The van der Waals surface area contributed by atoms with Gasteiger partial charge in [-0.15, -0.1) is 10.2 Å². The monoisotopic (exact) mass is 329 g/mol.